The Kier molecular flexibility index (Phi) is 2.26. The van der Waals surface area contributed by atoms with Crippen molar-refractivity contribution in [3.8, 4) is 0 Å². The van der Waals surface area contributed by atoms with Crippen molar-refractivity contribution < 1.29 is 0 Å². The number of hydrogen-bond acceptors (Lipinski definition) is 5. The SMILES string of the molecule is CSc1nsnc1[C@@H]1CN2CC[C@@H]1C2. The van der Waals surface area contributed by atoms with Gasteiger partial charge in [0.2, 0.25) is 0 Å². The third-order valence-corrected chi connectivity index (χ3v) is 4.70. The summed E-state index contributed by atoms with van der Waals surface area (Å²) < 4.78 is 8.81. The maximum atomic E-state index is 4.47. The van der Waals surface area contributed by atoms with E-state index in [-0.39, 0.29) is 0 Å². The molecule has 3 nitrogen and oxygen atoms in total. The third-order valence-electron chi connectivity index (χ3n) is 3.36. The molecule has 2 aliphatic rings. The summed E-state index contributed by atoms with van der Waals surface area (Å²) >= 11 is 3.10. The first-order valence-electron chi connectivity index (χ1n) is 4.97. The highest BCUT2D eigenvalue weighted by atomic mass is 32.2. The van der Waals surface area contributed by atoms with Gasteiger partial charge in [0, 0.05) is 19.0 Å². The number of thioether (sulfide) groups is 1. The molecule has 0 amide bonds. The lowest BCUT2D eigenvalue weighted by Gasteiger charge is -2.20. The van der Waals surface area contributed by atoms with Crippen molar-refractivity contribution >= 4 is 23.5 Å². The van der Waals surface area contributed by atoms with Crippen LogP contribution in [0.25, 0.3) is 0 Å². The van der Waals surface area contributed by atoms with E-state index in [0.29, 0.717) is 5.92 Å². The van der Waals surface area contributed by atoms with Crippen molar-refractivity contribution in [2.75, 3.05) is 25.9 Å². The highest BCUT2D eigenvalue weighted by molar-refractivity contribution is 7.98. The molecule has 76 valence electrons. The molecule has 0 aliphatic carbocycles. The number of piperidine rings is 1. The fourth-order valence-electron chi connectivity index (χ4n) is 2.65. The number of nitrogens with zero attached hydrogens (tertiary/aromatic N) is 3. The van der Waals surface area contributed by atoms with E-state index in [2.05, 4.69) is 19.9 Å². The molecule has 1 aromatic rings. The van der Waals surface area contributed by atoms with Gasteiger partial charge in [0.05, 0.1) is 17.4 Å². The van der Waals surface area contributed by atoms with Crippen LogP contribution in [0.4, 0.5) is 0 Å². The van der Waals surface area contributed by atoms with Gasteiger partial charge in [-0.25, -0.2) is 0 Å². The number of aromatic nitrogens is 2. The van der Waals surface area contributed by atoms with Gasteiger partial charge in [-0.05, 0) is 25.1 Å². The van der Waals surface area contributed by atoms with Crippen LogP contribution in [0.2, 0.25) is 0 Å². The Morgan fingerprint density at radius 2 is 2.36 bits per heavy atom. The number of fused-ring (bicyclic) bond motifs is 2. The molecule has 1 unspecified atom stereocenters. The zero-order chi connectivity index (χ0) is 9.54. The fourth-order valence-corrected chi connectivity index (χ4v) is 4.03. The fraction of sp³-hybridized carbons (Fsp3) is 0.778. The van der Waals surface area contributed by atoms with Crippen molar-refractivity contribution in [1.29, 1.82) is 0 Å². The highest BCUT2D eigenvalue weighted by Crippen LogP contribution is 2.41. The first-order valence-corrected chi connectivity index (χ1v) is 6.93. The van der Waals surface area contributed by atoms with E-state index in [4.69, 9.17) is 0 Å². The molecule has 0 aromatic carbocycles. The van der Waals surface area contributed by atoms with Gasteiger partial charge in [0.15, 0.2) is 0 Å². The molecule has 2 bridgehead atoms. The van der Waals surface area contributed by atoms with E-state index in [0.717, 1.165) is 10.9 Å². The van der Waals surface area contributed by atoms with Crippen molar-refractivity contribution in [3.05, 3.63) is 5.69 Å². The van der Waals surface area contributed by atoms with E-state index in [9.17, 15) is 0 Å². The third kappa shape index (κ3) is 1.30. The van der Waals surface area contributed by atoms with Crippen LogP contribution in [0.1, 0.15) is 18.0 Å². The molecule has 0 saturated carbocycles. The summed E-state index contributed by atoms with van der Waals surface area (Å²) in [6, 6.07) is 0. The van der Waals surface area contributed by atoms with E-state index in [1.54, 1.807) is 11.8 Å². The molecule has 2 aliphatic heterocycles. The van der Waals surface area contributed by atoms with Crippen LogP contribution < -0.4 is 0 Å². The predicted molar refractivity (Wildman–Crippen MR) is 59.0 cm³/mol. The van der Waals surface area contributed by atoms with Crippen molar-refractivity contribution in [2.45, 2.75) is 17.4 Å². The summed E-state index contributed by atoms with van der Waals surface area (Å²) in [5.41, 5.74) is 1.27. The second-order valence-electron chi connectivity index (χ2n) is 4.07. The minimum atomic E-state index is 0.671. The predicted octanol–water partition coefficient (Wildman–Crippen LogP) is 1.68. The Labute approximate surface area is 92.2 Å². The summed E-state index contributed by atoms with van der Waals surface area (Å²) in [6.45, 7) is 3.80. The summed E-state index contributed by atoms with van der Waals surface area (Å²) in [6.07, 6.45) is 3.45. The average molecular weight is 227 g/mol. The van der Waals surface area contributed by atoms with Crippen LogP contribution in [0.15, 0.2) is 5.03 Å². The van der Waals surface area contributed by atoms with Gasteiger partial charge in [0.1, 0.15) is 5.03 Å². The number of rotatable bonds is 2. The summed E-state index contributed by atoms with van der Waals surface area (Å²) in [4.78, 5) is 2.55. The lowest BCUT2D eigenvalue weighted by atomic mass is 9.90. The zero-order valence-corrected chi connectivity index (χ0v) is 9.77. The molecule has 0 radical (unpaired) electrons. The Hall–Kier alpha value is -0.130. The lowest BCUT2D eigenvalue weighted by Crippen LogP contribution is -2.22. The van der Waals surface area contributed by atoms with Gasteiger partial charge < -0.3 is 4.90 Å². The van der Waals surface area contributed by atoms with Gasteiger partial charge in [-0.3, -0.25) is 0 Å². The zero-order valence-electron chi connectivity index (χ0n) is 8.14. The van der Waals surface area contributed by atoms with Gasteiger partial charge >= 0.3 is 0 Å². The molecule has 2 saturated heterocycles. The molecule has 0 N–H and O–H groups in total. The van der Waals surface area contributed by atoms with E-state index < -0.39 is 0 Å². The summed E-state index contributed by atoms with van der Waals surface area (Å²) in [7, 11) is 0. The quantitative estimate of drug-likeness (QED) is 0.719. The monoisotopic (exact) mass is 227 g/mol. The van der Waals surface area contributed by atoms with Crippen molar-refractivity contribution in [1.82, 2.24) is 13.6 Å². The maximum Gasteiger partial charge on any atom is 0.133 e. The molecular formula is C9H13N3S2. The first kappa shape index (κ1) is 9.12. The molecule has 3 atom stereocenters. The first-order chi connectivity index (χ1) is 6.88. The van der Waals surface area contributed by atoms with E-state index >= 15 is 0 Å². The van der Waals surface area contributed by atoms with Crippen LogP contribution in [0, 0.1) is 5.92 Å². The molecule has 2 fully saturated rings. The van der Waals surface area contributed by atoms with Crippen LogP contribution in [-0.2, 0) is 0 Å². The van der Waals surface area contributed by atoms with Gasteiger partial charge in [-0.1, -0.05) is 0 Å². The Bertz CT molecular complexity index is 339. The van der Waals surface area contributed by atoms with Crippen LogP contribution in [-0.4, -0.2) is 39.5 Å². The summed E-state index contributed by atoms with van der Waals surface area (Å²) in [5, 5.41) is 1.16. The molecule has 0 spiro atoms. The minimum absolute atomic E-state index is 0.671. The molecule has 1 aromatic heterocycles. The molecular weight excluding hydrogens is 214 g/mol. The summed E-state index contributed by atoms with van der Waals surface area (Å²) in [5.74, 6) is 1.52. The van der Waals surface area contributed by atoms with Crippen molar-refractivity contribution in [3.63, 3.8) is 0 Å². The Morgan fingerprint density at radius 1 is 1.43 bits per heavy atom. The smallest absolute Gasteiger partial charge is 0.133 e. The van der Waals surface area contributed by atoms with E-state index in [1.165, 1.54) is 43.5 Å². The molecule has 3 heterocycles. The maximum absolute atomic E-state index is 4.47. The second kappa shape index (κ2) is 3.47. The van der Waals surface area contributed by atoms with Gasteiger partial charge in [-0.2, -0.15) is 8.75 Å². The van der Waals surface area contributed by atoms with Gasteiger partial charge in [-0.15, -0.1) is 11.8 Å². The topological polar surface area (TPSA) is 29.0 Å². The standard InChI is InChI=1S/C9H13N3S2/c1-13-9-8(10-14-11-9)7-5-12-3-2-6(7)4-12/h6-7H,2-5H2,1H3/t6-,7-/m1/s1. The molecule has 3 rings (SSSR count). The second-order valence-corrected chi connectivity index (χ2v) is 5.40. The van der Waals surface area contributed by atoms with Crippen LogP contribution in [0.3, 0.4) is 0 Å². The molecule has 5 heteroatoms. The minimum Gasteiger partial charge on any atom is -0.302 e. The lowest BCUT2D eigenvalue weighted by molar-refractivity contribution is 0.342. The highest BCUT2D eigenvalue weighted by Gasteiger charge is 2.40. The largest absolute Gasteiger partial charge is 0.302 e. The van der Waals surface area contributed by atoms with Crippen LogP contribution >= 0.6 is 23.5 Å². The average Bonchev–Trinajstić information content (AvgIpc) is 2.92. The normalized spacial score (nSPS) is 35.4. The van der Waals surface area contributed by atoms with E-state index in [1.807, 2.05) is 0 Å². The Balaban J connectivity index is 1.89. The van der Waals surface area contributed by atoms with Crippen molar-refractivity contribution in [2.24, 2.45) is 5.92 Å². The molecule has 14 heavy (non-hydrogen) atoms. The van der Waals surface area contributed by atoms with Gasteiger partial charge in [0.25, 0.3) is 0 Å². The Morgan fingerprint density at radius 3 is 3.00 bits per heavy atom. The van der Waals surface area contributed by atoms with Crippen LogP contribution in [0.5, 0.6) is 0 Å². The number of hydrogen-bond donors (Lipinski definition) is 0.